The van der Waals surface area contributed by atoms with Crippen LogP contribution < -0.4 is 11.1 Å². The highest BCUT2D eigenvalue weighted by Crippen LogP contribution is 2.20. The Morgan fingerprint density at radius 1 is 1.15 bits per heavy atom. The monoisotopic (exact) mass is 286 g/mol. The van der Waals surface area contributed by atoms with E-state index in [1.54, 1.807) is 0 Å². The van der Waals surface area contributed by atoms with Gasteiger partial charge in [-0.1, -0.05) is 13.8 Å². The van der Waals surface area contributed by atoms with Crippen molar-refractivity contribution in [2.45, 2.75) is 65.9 Å². The number of nitrogens with two attached hydrogens (primary N) is 1. The molecule has 3 N–H and O–H groups in total. The summed E-state index contributed by atoms with van der Waals surface area (Å²) in [4.78, 5) is 11.7. The van der Waals surface area contributed by atoms with Crippen molar-refractivity contribution in [3.8, 4) is 0 Å². The molecule has 0 aromatic carbocycles. The van der Waals surface area contributed by atoms with E-state index in [1.807, 2.05) is 13.8 Å². The Labute approximate surface area is 124 Å². The van der Waals surface area contributed by atoms with E-state index in [9.17, 15) is 4.79 Å². The van der Waals surface area contributed by atoms with Crippen molar-refractivity contribution in [2.24, 2.45) is 17.6 Å². The summed E-state index contributed by atoms with van der Waals surface area (Å²) in [6.07, 6.45) is 4.84. The van der Waals surface area contributed by atoms with Gasteiger partial charge in [-0.25, -0.2) is 0 Å². The molecule has 1 unspecified atom stereocenters. The van der Waals surface area contributed by atoms with E-state index in [4.69, 9.17) is 10.5 Å². The van der Waals surface area contributed by atoms with Crippen LogP contribution in [0, 0.1) is 11.8 Å². The van der Waals surface area contributed by atoms with Crippen LogP contribution in [0.15, 0.2) is 0 Å². The summed E-state index contributed by atoms with van der Waals surface area (Å²) in [5.74, 6) is 1.32. The average Bonchev–Trinajstić information content (AvgIpc) is 2.37. The van der Waals surface area contributed by atoms with Gasteiger partial charge in [-0.05, 0) is 57.9 Å². The predicted molar refractivity (Wildman–Crippen MR) is 84.6 cm³/mol. The number of amides is 1. The molecule has 0 saturated carbocycles. The zero-order valence-electron chi connectivity index (χ0n) is 13.8. The zero-order valence-corrected chi connectivity index (χ0v) is 13.8. The quantitative estimate of drug-likeness (QED) is 0.542. The van der Waals surface area contributed by atoms with E-state index in [-0.39, 0.29) is 5.91 Å². The van der Waals surface area contributed by atoms with Crippen LogP contribution in [0.3, 0.4) is 0 Å². The Bertz CT molecular complexity index is 243. The van der Waals surface area contributed by atoms with Crippen molar-refractivity contribution in [1.29, 1.82) is 0 Å². The van der Waals surface area contributed by atoms with E-state index < -0.39 is 0 Å². The molecule has 0 aromatic heterocycles. The molecular weight excluding hydrogens is 252 g/mol. The van der Waals surface area contributed by atoms with E-state index >= 15 is 0 Å². The number of unbranched alkanes of at least 4 members (excludes halogenated alkanes) is 1. The first-order valence-corrected chi connectivity index (χ1v) is 8.05. The molecule has 4 heteroatoms. The van der Waals surface area contributed by atoms with Crippen LogP contribution in [0.1, 0.15) is 59.8 Å². The number of carbonyl (C=O) groups is 1. The van der Waals surface area contributed by atoms with Crippen LogP contribution >= 0.6 is 0 Å². The first-order valence-electron chi connectivity index (χ1n) is 8.05. The first kappa shape index (κ1) is 19.4. The topological polar surface area (TPSA) is 64.3 Å². The lowest BCUT2D eigenvalue weighted by Gasteiger charge is -2.19. The van der Waals surface area contributed by atoms with E-state index in [2.05, 4.69) is 19.2 Å². The van der Waals surface area contributed by atoms with Gasteiger partial charge in [0.25, 0.3) is 0 Å². The number of hydrogen-bond acceptors (Lipinski definition) is 3. The van der Waals surface area contributed by atoms with Gasteiger partial charge in [-0.2, -0.15) is 0 Å². The second kappa shape index (κ2) is 12.2. The number of hydrogen-bond donors (Lipinski definition) is 2. The Morgan fingerprint density at radius 3 is 2.40 bits per heavy atom. The first-order chi connectivity index (χ1) is 9.47. The van der Waals surface area contributed by atoms with Crippen molar-refractivity contribution in [1.82, 2.24) is 5.32 Å². The molecule has 0 aromatic rings. The van der Waals surface area contributed by atoms with Crippen LogP contribution in [-0.2, 0) is 9.53 Å². The lowest BCUT2D eigenvalue weighted by Crippen LogP contribution is -2.26. The third-order valence-corrected chi connectivity index (χ3v) is 3.57. The fraction of sp³-hybridized carbons (Fsp3) is 0.938. The minimum Gasteiger partial charge on any atom is -0.379 e. The van der Waals surface area contributed by atoms with Crippen molar-refractivity contribution in [3.63, 3.8) is 0 Å². The fourth-order valence-electron chi connectivity index (χ4n) is 2.20. The fourth-order valence-corrected chi connectivity index (χ4v) is 2.20. The molecule has 0 radical (unpaired) electrons. The van der Waals surface area contributed by atoms with Gasteiger partial charge in [-0.15, -0.1) is 0 Å². The summed E-state index contributed by atoms with van der Waals surface area (Å²) in [6.45, 7) is 10.7. The molecule has 0 saturated heterocycles. The molecule has 0 fully saturated rings. The van der Waals surface area contributed by atoms with Gasteiger partial charge in [0.05, 0.1) is 6.10 Å². The lowest BCUT2D eigenvalue weighted by atomic mass is 9.88. The number of nitrogens with one attached hydrogen (secondary N) is 1. The van der Waals surface area contributed by atoms with Gasteiger partial charge >= 0.3 is 0 Å². The van der Waals surface area contributed by atoms with E-state index in [0.717, 1.165) is 38.8 Å². The molecule has 4 nitrogen and oxygen atoms in total. The molecule has 0 aliphatic rings. The number of rotatable bonds is 12. The van der Waals surface area contributed by atoms with Crippen LogP contribution in [0.25, 0.3) is 0 Å². The Hall–Kier alpha value is -0.610. The third kappa shape index (κ3) is 11.2. The lowest BCUT2D eigenvalue weighted by molar-refractivity contribution is -0.121. The average molecular weight is 286 g/mol. The predicted octanol–water partition coefficient (Wildman–Crippen LogP) is 2.71. The molecular formula is C16H34N2O2. The highest BCUT2D eigenvalue weighted by molar-refractivity contribution is 5.75. The summed E-state index contributed by atoms with van der Waals surface area (Å²) in [6, 6.07) is 0. The van der Waals surface area contributed by atoms with Gasteiger partial charge in [0, 0.05) is 19.6 Å². The van der Waals surface area contributed by atoms with Gasteiger partial charge in [0.2, 0.25) is 5.91 Å². The largest absolute Gasteiger partial charge is 0.379 e. The Morgan fingerprint density at radius 2 is 1.85 bits per heavy atom. The van der Waals surface area contributed by atoms with Crippen molar-refractivity contribution in [2.75, 3.05) is 19.7 Å². The molecule has 1 atom stereocenters. The Kier molecular flexibility index (Phi) is 11.8. The summed E-state index contributed by atoms with van der Waals surface area (Å²) < 4.78 is 5.46. The minimum atomic E-state index is 0.164. The van der Waals surface area contributed by atoms with Gasteiger partial charge in [0.1, 0.15) is 0 Å². The van der Waals surface area contributed by atoms with Crippen molar-refractivity contribution < 1.29 is 9.53 Å². The number of carbonyl (C=O) groups excluding carboxylic acids is 1. The summed E-state index contributed by atoms with van der Waals surface area (Å²) in [5, 5.41) is 2.98. The Balaban J connectivity index is 3.57. The van der Waals surface area contributed by atoms with E-state index in [0.29, 0.717) is 30.9 Å². The molecule has 0 heterocycles. The van der Waals surface area contributed by atoms with Crippen molar-refractivity contribution >= 4 is 5.91 Å². The second-order valence-corrected chi connectivity index (χ2v) is 6.10. The van der Waals surface area contributed by atoms with Crippen LogP contribution in [-0.4, -0.2) is 31.7 Å². The summed E-state index contributed by atoms with van der Waals surface area (Å²) >= 11 is 0. The number of ether oxygens (including phenoxy) is 1. The molecule has 0 spiro atoms. The summed E-state index contributed by atoms with van der Waals surface area (Å²) in [5.41, 5.74) is 5.61. The van der Waals surface area contributed by atoms with E-state index in [1.165, 1.54) is 0 Å². The molecule has 0 aliphatic heterocycles. The summed E-state index contributed by atoms with van der Waals surface area (Å²) in [7, 11) is 0. The van der Waals surface area contributed by atoms with Gasteiger partial charge < -0.3 is 15.8 Å². The zero-order chi connectivity index (χ0) is 15.4. The second-order valence-electron chi connectivity index (χ2n) is 6.10. The smallest absolute Gasteiger partial charge is 0.220 e. The maximum Gasteiger partial charge on any atom is 0.220 e. The standard InChI is InChI=1S/C16H34N2O2/c1-13(2)15(9-10-17)7-8-16(19)18-11-5-6-12-20-14(3)4/h13-15H,5-12,17H2,1-4H3,(H,18,19). The molecule has 0 aliphatic carbocycles. The molecule has 20 heavy (non-hydrogen) atoms. The highest BCUT2D eigenvalue weighted by Gasteiger charge is 2.14. The SMILES string of the molecule is CC(C)OCCCCNC(=O)CCC(CCN)C(C)C. The maximum absolute atomic E-state index is 11.7. The maximum atomic E-state index is 11.7. The normalized spacial score (nSPS) is 12.9. The van der Waals surface area contributed by atoms with Gasteiger partial charge in [-0.3, -0.25) is 4.79 Å². The van der Waals surface area contributed by atoms with Gasteiger partial charge in [0.15, 0.2) is 0 Å². The van der Waals surface area contributed by atoms with Crippen LogP contribution in [0.5, 0.6) is 0 Å². The minimum absolute atomic E-state index is 0.164. The van der Waals surface area contributed by atoms with Crippen LogP contribution in [0.4, 0.5) is 0 Å². The third-order valence-electron chi connectivity index (χ3n) is 3.57. The highest BCUT2D eigenvalue weighted by atomic mass is 16.5. The van der Waals surface area contributed by atoms with Crippen molar-refractivity contribution in [3.05, 3.63) is 0 Å². The molecule has 1 amide bonds. The molecule has 120 valence electrons. The van der Waals surface area contributed by atoms with Crippen LogP contribution in [0.2, 0.25) is 0 Å². The molecule has 0 rings (SSSR count). The molecule has 0 bridgehead atoms.